The highest BCUT2D eigenvalue weighted by Gasteiger charge is 2.12. The van der Waals surface area contributed by atoms with Crippen LogP contribution in [0, 0.1) is 0 Å². The average Bonchev–Trinajstić information content (AvgIpc) is 3.15. The van der Waals surface area contributed by atoms with Crippen LogP contribution in [0.5, 0.6) is 0 Å². The number of hydrogen-bond donors (Lipinski definition) is 1. The summed E-state index contributed by atoms with van der Waals surface area (Å²) < 4.78 is 1.87. The van der Waals surface area contributed by atoms with Crippen LogP contribution in [0.4, 0.5) is 0 Å². The lowest BCUT2D eigenvalue weighted by molar-refractivity contribution is 0.594. The summed E-state index contributed by atoms with van der Waals surface area (Å²) in [6, 6.07) is 11.7. The van der Waals surface area contributed by atoms with Crippen LogP contribution in [-0.2, 0) is 13.5 Å². The maximum atomic E-state index is 6.21. The molecular formula is C15H18N6. The third kappa shape index (κ3) is 3.00. The van der Waals surface area contributed by atoms with E-state index in [2.05, 4.69) is 15.3 Å². The normalized spacial score (nSPS) is 12.5. The van der Waals surface area contributed by atoms with Crippen molar-refractivity contribution in [1.29, 1.82) is 0 Å². The smallest absolute Gasteiger partial charge is 0.0998 e. The molecule has 2 N–H and O–H groups in total. The highest BCUT2D eigenvalue weighted by atomic mass is 15.5. The molecule has 0 spiro atoms. The minimum atomic E-state index is -0.127. The Kier molecular flexibility index (Phi) is 3.79. The molecule has 1 unspecified atom stereocenters. The first-order valence-corrected chi connectivity index (χ1v) is 6.94. The standard InChI is InChI=1S/C15H18N6/c1-20-12(9-10-17-20)7-8-14(16)15-11-18-21(19-15)13-5-3-2-4-6-13/h2-6,9-11,14H,7-8,16H2,1H3. The first-order valence-electron chi connectivity index (χ1n) is 6.94. The van der Waals surface area contributed by atoms with Gasteiger partial charge in [-0.05, 0) is 31.0 Å². The summed E-state index contributed by atoms with van der Waals surface area (Å²) in [6.45, 7) is 0. The minimum absolute atomic E-state index is 0.127. The third-order valence-corrected chi connectivity index (χ3v) is 3.51. The van der Waals surface area contributed by atoms with E-state index in [1.54, 1.807) is 17.2 Å². The molecule has 0 aliphatic carbocycles. The van der Waals surface area contributed by atoms with Crippen molar-refractivity contribution in [2.24, 2.45) is 12.8 Å². The molecule has 2 aromatic heterocycles. The molecule has 0 aliphatic rings. The van der Waals surface area contributed by atoms with Gasteiger partial charge in [-0.15, -0.1) is 0 Å². The quantitative estimate of drug-likeness (QED) is 0.772. The second kappa shape index (κ2) is 5.88. The Hall–Kier alpha value is -2.47. The van der Waals surface area contributed by atoms with Gasteiger partial charge in [-0.25, -0.2) is 0 Å². The van der Waals surface area contributed by atoms with E-state index in [9.17, 15) is 0 Å². The molecule has 6 nitrogen and oxygen atoms in total. The van der Waals surface area contributed by atoms with Crippen molar-refractivity contribution in [1.82, 2.24) is 24.8 Å². The summed E-state index contributed by atoms with van der Waals surface area (Å²) in [5.74, 6) is 0. The van der Waals surface area contributed by atoms with Gasteiger partial charge >= 0.3 is 0 Å². The maximum Gasteiger partial charge on any atom is 0.0998 e. The lowest BCUT2D eigenvalue weighted by Gasteiger charge is -2.08. The molecular weight excluding hydrogens is 264 g/mol. The molecule has 1 aromatic carbocycles. The number of benzene rings is 1. The van der Waals surface area contributed by atoms with E-state index in [4.69, 9.17) is 5.73 Å². The maximum absolute atomic E-state index is 6.21. The lowest BCUT2D eigenvalue weighted by atomic mass is 10.1. The van der Waals surface area contributed by atoms with Gasteiger partial charge in [-0.3, -0.25) is 4.68 Å². The number of rotatable bonds is 5. The van der Waals surface area contributed by atoms with Crippen molar-refractivity contribution in [3.8, 4) is 5.69 Å². The van der Waals surface area contributed by atoms with Crippen LogP contribution in [0.2, 0.25) is 0 Å². The van der Waals surface area contributed by atoms with Crippen LogP contribution in [0.3, 0.4) is 0 Å². The summed E-state index contributed by atoms with van der Waals surface area (Å²) in [5.41, 5.74) is 9.11. The van der Waals surface area contributed by atoms with Crippen molar-refractivity contribution in [3.05, 3.63) is 60.2 Å². The van der Waals surface area contributed by atoms with Crippen LogP contribution in [0.15, 0.2) is 48.8 Å². The highest BCUT2D eigenvalue weighted by molar-refractivity contribution is 5.28. The van der Waals surface area contributed by atoms with Gasteiger partial charge < -0.3 is 5.73 Å². The van der Waals surface area contributed by atoms with E-state index in [0.29, 0.717) is 0 Å². The van der Waals surface area contributed by atoms with Crippen LogP contribution in [0.1, 0.15) is 23.9 Å². The van der Waals surface area contributed by atoms with Crippen molar-refractivity contribution >= 4 is 0 Å². The molecule has 0 saturated carbocycles. The van der Waals surface area contributed by atoms with Gasteiger partial charge in [0.2, 0.25) is 0 Å². The average molecular weight is 282 g/mol. The molecule has 2 heterocycles. The van der Waals surface area contributed by atoms with Crippen LogP contribution >= 0.6 is 0 Å². The van der Waals surface area contributed by atoms with Gasteiger partial charge in [0.05, 0.1) is 23.6 Å². The van der Waals surface area contributed by atoms with E-state index in [0.717, 1.165) is 24.2 Å². The topological polar surface area (TPSA) is 74.6 Å². The second-order valence-corrected chi connectivity index (χ2v) is 4.99. The van der Waals surface area contributed by atoms with E-state index >= 15 is 0 Å². The molecule has 6 heteroatoms. The van der Waals surface area contributed by atoms with Crippen LogP contribution in [0.25, 0.3) is 5.69 Å². The Morgan fingerprint density at radius 3 is 2.67 bits per heavy atom. The SMILES string of the molecule is Cn1nccc1CCC(N)c1cnn(-c2ccccc2)n1. The first-order chi connectivity index (χ1) is 10.2. The fourth-order valence-corrected chi connectivity index (χ4v) is 2.23. The van der Waals surface area contributed by atoms with Crippen LogP contribution < -0.4 is 5.73 Å². The lowest BCUT2D eigenvalue weighted by Crippen LogP contribution is -2.13. The summed E-state index contributed by atoms with van der Waals surface area (Å²) in [7, 11) is 1.94. The number of aryl methyl sites for hydroxylation is 2. The summed E-state index contributed by atoms with van der Waals surface area (Å²) in [6.07, 6.45) is 5.22. The Labute approximate surface area is 123 Å². The monoisotopic (exact) mass is 282 g/mol. The molecule has 0 fully saturated rings. The summed E-state index contributed by atoms with van der Waals surface area (Å²) in [4.78, 5) is 1.61. The second-order valence-electron chi connectivity index (χ2n) is 4.99. The van der Waals surface area contributed by atoms with Crippen molar-refractivity contribution in [2.45, 2.75) is 18.9 Å². The molecule has 3 aromatic rings. The number of nitrogens with two attached hydrogens (primary N) is 1. The zero-order valence-electron chi connectivity index (χ0n) is 11.9. The van der Waals surface area contributed by atoms with Gasteiger partial charge in [0.15, 0.2) is 0 Å². The first kappa shape index (κ1) is 13.5. The minimum Gasteiger partial charge on any atom is -0.323 e. The molecule has 108 valence electrons. The predicted molar refractivity (Wildman–Crippen MR) is 79.8 cm³/mol. The van der Waals surface area contributed by atoms with E-state index in [-0.39, 0.29) is 6.04 Å². The van der Waals surface area contributed by atoms with E-state index in [1.807, 2.05) is 48.1 Å². The molecule has 21 heavy (non-hydrogen) atoms. The van der Waals surface area contributed by atoms with Gasteiger partial charge in [-0.2, -0.15) is 20.1 Å². The molecule has 0 radical (unpaired) electrons. The van der Waals surface area contributed by atoms with Crippen LogP contribution in [-0.4, -0.2) is 24.8 Å². The summed E-state index contributed by atoms with van der Waals surface area (Å²) >= 11 is 0. The zero-order chi connectivity index (χ0) is 14.7. The number of para-hydroxylation sites is 1. The van der Waals surface area contributed by atoms with Crippen molar-refractivity contribution < 1.29 is 0 Å². The van der Waals surface area contributed by atoms with Gasteiger partial charge in [0.1, 0.15) is 0 Å². The third-order valence-electron chi connectivity index (χ3n) is 3.51. The van der Waals surface area contributed by atoms with Crippen molar-refractivity contribution in [2.75, 3.05) is 0 Å². The fourth-order valence-electron chi connectivity index (χ4n) is 2.23. The number of hydrogen-bond acceptors (Lipinski definition) is 4. The largest absolute Gasteiger partial charge is 0.323 e. The molecule has 0 saturated heterocycles. The van der Waals surface area contributed by atoms with Gasteiger partial charge in [0, 0.05) is 18.9 Å². The van der Waals surface area contributed by atoms with E-state index in [1.165, 1.54) is 5.69 Å². The fraction of sp³-hybridized carbons (Fsp3) is 0.267. The Bertz CT molecular complexity index is 700. The number of nitrogens with zero attached hydrogens (tertiary/aromatic N) is 5. The molecule has 0 bridgehead atoms. The predicted octanol–water partition coefficient (Wildman–Crippen LogP) is 1.63. The molecule has 1 atom stereocenters. The molecule has 0 aliphatic heterocycles. The zero-order valence-corrected chi connectivity index (χ0v) is 11.9. The van der Waals surface area contributed by atoms with Gasteiger partial charge in [0.25, 0.3) is 0 Å². The van der Waals surface area contributed by atoms with Gasteiger partial charge in [-0.1, -0.05) is 18.2 Å². The Morgan fingerprint density at radius 1 is 1.14 bits per heavy atom. The molecule has 0 amide bonds. The van der Waals surface area contributed by atoms with E-state index < -0.39 is 0 Å². The highest BCUT2D eigenvalue weighted by Crippen LogP contribution is 2.15. The van der Waals surface area contributed by atoms with Crippen molar-refractivity contribution in [3.63, 3.8) is 0 Å². The Balaban J connectivity index is 1.67. The molecule has 3 rings (SSSR count). The summed E-state index contributed by atoms with van der Waals surface area (Å²) in [5, 5.41) is 12.9. The number of aromatic nitrogens is 5. The Morgan fingerprint density at radius 2 is 1.95 bits per heavy atom.